The molecule has 2 saturated heterocycles. The first kappa shape index (κ1) is 21.0. The molecule has 0 radical (unpaired) electrons. The average Bonchev–Trinajstić information content (AvgIpc) is 3.08. The second kappa shape index (κ2) is 7.90. The van der Waals surface area contributed by atoms with Crippen molar-refractivity contribution >= 4 is 28.8 Å². The molecule has 1 unspecified atom stereocenters. The zero-order valence-electron chi connectivity index (χ0n) is 18.7. The van der Waals surface area contributed by atoms with E-state index in [-0.39, 0.29) is 23.8 Å². The molecular weight excluding hydrogens is 408 g/mol. The first-order valence-electron chi connectivity index (χ1n) is 11.6. The molecule has 1 aliphatic carbocycles. The number of carbonyl (C=O) groups is 3. The van der Waals surface area contributed by atoms with Gasteiger partial charge in [0, 0.05) is 31.9 Å². The molecule has 5 rings (SSSR count). The largest absolute Gasteiger partial charge is 0.450 e. The van der Waals surface area contributed by atoms with Gasteiger partial charge < -0.3 is 9.64 Å². The molecule has 32 heavy (non-hydrogen) atoms. The van der Waals surface area contributed by atoms with Crippen molar-refractivity contribution in [1.82, 2.24) is 20.0 Å². The lowest BCUT2D eigenvalue weighted by atomic mass is 9.56. The summed E-state index contributed by atoms with van der Waals surface area (Å²) in [5.74, 6) is -0.317. The van der Waals surface area contributed by atoms with E-state index in [0.29, 0.717) is 30.8 Å². The SMILES string of the molecule is CCOC(=O)N1CCC2(CC1)CC(c1ccc3c(C4CCC(=O)NC4=O)nn(C)c3c1)C2. The Kier molecular flexibility index (Phi) is 5.18. The third-order valence-electron chi connectivity index (χ3n) is 7.65. The predicted molar refractivity (Wildman–Crippen MR) is 118 cm³/mol. The summed E-state index contributed by atoms with van der Waals surface area (Å²) in [7, 11) is 1.91. The number of piperidine rings is 2. The van der Waals surface area contributed by atoms with Gasteiger partial charge in [-0.25, -0.2) is 4.79 Å². The van der Waals surface area contributed by atoms with Crippen molar-refractivity contribution < 1.29 is 19.1 Å². The lowest BCUT2D eigenvalue weighted by Gasteiger charge is -2.52. The van der Waals surface area contributed by atoms with Crippen molar-refractivity contribution in [1.29, 1.82) is 0 Å². The fourth-order valence-corrected chi connectivity index (χ4v) is 5.78. The number of ether oxygens (including phenoxy) is 1. The minimum Gasteiger partial charge on any atom is -0.450 e. The van der Waals surface area contributed by atoms with Crippen molar-refractivity contribution in [2.75, 3.05) is 19.7 Å². The normalized spacial score (nSPS) is 23.3. The van der Waals surface area contributed by atoms with Crippen LogP contribution in [0, 0.1) is 5.41 Å². The zero-order valence-corrected chi connectivity index (χ0v) is 18.7. The van der Waals surface area contributed by atoms with Crippen LogP contribution in [0.3, 0.4) is 0 Å². The predicted octanol–water partition coefficient (Wildman–Crippen LogP) is 3.21. The van der Waals surface area contributed by atoms with E-state index in [4.69, 9.17) is 4.74 Å². The maximum atomic E-state index is 12.3. The van der Waals surface area contributed by atoms with Gasteiger partial charge >= 0.3 is 6.09 Å². The van der Waals surface area contributed by atoms with Crippen molar-refractivity contribution in [2.45, 2.75) is 57.3 Å². The molecule has 1 saturated carbocycles. The van der Waals surface area contributed by atoms with Gasteiger partial charge in [0.25, 0.3) is 0 Å². The van der Waals surface area contributed by atoms with E-state index in [1.807, 2.05) is 23.6 Å². The Morgan fingerprint density at radius 1 is 1.25 bits per heavy atom. The zero-order chi connectivity index (χ0) is 22.5. The van der Waals surface area contributed by atoms with Gasteiger partial charge in [0.05, 0.1) is 23.7 Å². The van der Waals surface area contributed by atoms with Crippen LogP contribution in [0.4, 0.5) is 4.79 Å². The molecule has 8 heteroatoms. The third-order valence-corrected chi connectivity index (χ3v) is 7.65. The molecular formula is C24H30N4O4. The standard InChI is InChI=1S/C24H30N4O4/c1-3-32-23(31)28-10-8-24(9-11-28)13-16(14-24)15-4-5-17-19(12-15)27(2)26-21(17)18-6-7-20(29)25-22(18)30/h4-5,12,16,18H,3,6-11,13-14H2,1-2H3,(H,25,29,30). The molecule has 3 amide bonds. The molecule has 3 heterocycles. The number of nitrogens with one attached hydrogen (secondary N) is 1. The molecule has 1 atom stereocenters. The Labute approximate surface area is 187 Å². The number of imide groups is 1. The minimum absolute atomic E-state index is 0.188. The second-order valence-electron chi connectivity index (χ2n) is 9.58. The van der Waals surface area contributed by atoms with Crippen molar-refractivity contribution in [3.63, 3.8) is 0 Å². The molecule has 1 aromatic heterocycles. The smallest absolute Gasteiger partial charge is 0.409 e. The van der Waals surface area contributed by atoms with Crippen molar-refractivity contribution in [3.8, 4) is 0 Å². The summed E-state index contributed by atoms with van der Waals surface area (Å²) in [6.07, 6.45) is 5.04. The lowest BCUT2D eigenvalue weighted by Crippen LogP contribution is -2.48. The lowest BCUT2D eigenvalue weighted by molar-refractivity contribution is -0.134. The Morgan fingerprint density at radius 2 is 2.00 bits per heavy atom. The highest BCUT2D eigenvalue weighted by atomic mass is 16.6. The fraction of sp³-hybridized carbons (Fsp3) is 0.583. The Bertz CT molecular complexity index is 1080. The van der Waals surface area contributed by atoms with Gasteiger partial charge in [0.15, 0.2) is 0 Å². The number of benzene rings is 1. The second-order valence-corrected chi connectivity index (χ2v) is 9.58. The van der Waals surface area contributed by atoms with Crippen molar-refractivity contribution in [2.24, 2.45) is 12.5 Å². The van der Waals surface area contributed by atoms with Crippen LogP contribution >= 0.6 is 0 Å². The molecule has 8 nitrogen and oxygen atoms in total. The highest BCUT2D eigenvalue weighted by Crippen LogP contribution is 2.57. The fourth-order valence-electron chi connectivity index (χ4n) is 5.78. The van der Waals surface area contributed by atoms with Gasteiger partial charge in [-0.1, -0.05) is 12.1 Å². The monoisotopic (exact) mass is 438 g/mol. The number of fused-ring (bicyclic) bond motifs is 1. The number of rotatable bonds is 3. The Hall–Kier alpha value is -2.90. The molecule has 170 valence electrons. The molecule has 2 aromatic rings. The minimum atomic E-state index is -0.376. The molecule has 3 fully saturated rings. The summed E-state index contributed by atoms with van der Waals surface area (Å²) in [5, 5.41) is 8.08. The van der Waals surface area contributed by atoms with E-state index < -0.39 is 0 Å². The molecule has 1 aromatic carbocycles. The van der Waals surface area contributed by atoms with Crippen LogP contribution in [0.25, 0.3) is 10.9 Å². The highest BCUT2D eigenvalue weighted by Gasteiger charge is 2.47. The number of hydrogen-bond acceptors (Lipinski definition) is 5. The number of aromatic nitrogens is 2. The van der Waals surface area contributed by atoms with Crippen LogP contribution in [-0.4, -0.2) is 52.3 Å². The average molecular weight is 439 g/mol. The van der Waals surface area contributed by atoms with E-state index in [1.54, 1.807) is 0 Å². The van der Waals surface area contributed by atoms with Gasteiger partial charge in [-0.15, -0.1) is 0 Å². The summed E-state index contributed by atoms with van der Waals surface area (Å²) in [6.45, 7) is 3.82. The van der Waals surface area contributed by atoms with Crippen LogP contribution in [0.5, 0.6) is 0 Å². The summed E-state index contributed by atoms with van der Waals surface area (Å²) in [5.41, 5.74) is 3.44. The topological polar surface area (TPSA) is 93.5 Å². The van der Waals surface area contributed by atoms with Crippen molar-refractivity contribution in [3.05, 3.63) is 29.5 Å². The van der Waals surface area contributed by atoms with Crippen LogP contribution in [0.1, 0.15) is 68.5 Å². The number of carbonyl (C=O) groups excluding carboxylic acids is 3. The Morgan fingerprint density at radius 3 is 2.69 bits per heavy atom. The van der Waals surface area contributed by atoms with Gasteiger partial charge in [-0.2, -0.15) is 5.10 Å². The molecule has 0 bridgehead atoms. The number of hydrogen-bond donors (Lipinski definition) is 1. The molecule has 3 aliphatic rings. The van der Waals surface area contributed by atoms with Gasteiger partial charge in [-0.05, 0) is 62.0 Å². The van der Waals surface area contributed by atoms with E-state index in [9.17, 15) is 14.4 Å². The molecule has 2 aliphatic heterocycles. The van der Waals surface area contributed by atoms with E-state index in [1.165, 1.54) is 5.56 Å². The number of nitrogens with zero attached hydrogens (tertiary/aromatic N) is 3. The summed E-state index contributed by atoms with van der Waals surface area (Å²) < 4.78 is 6.99. The van der Waals surface area contributed by atoms with Gasteiger partial charge in [0.1, 0.15) is 0 Å². The van der Waals surface area contributed by atoms with E-state index >= 15 is 0 Å². The third kappa shape index (κ3) is 3.55. The van der Waals surface area contributed by atoms with Crippen LogP contribution < -0.4 is 5.32 Å². The summed E-state index contributed by atoms with van der Waals surface area (Å²) in [6, 6.07) is 6.47. The molecule has 1 spiro atoms. The van der Waals surface area contributed by atoms with Gasteiger partial charge in [0.2, 0.25) is 11.8 Å². The van der Waals surface area contributed by atoms with Crippen LogP contribution in [0.15, 0.2) is 18.2 Å². The summed E-state index contributed by atoms with van der Waals surface area (Å²) >= 11 is 0. The Balaban J connectivity index is 1.28. The van der Waals surface area contributed by atoms with Crippen LogP contribution in [-0.2, 0) is 21.4 Å². The summed E-state index contributed by atoms with van der Waals surface area (Å²) in [4.78, 5) is 37.6. The maximum Gasteiger partial charge on any atom is 0.409 e. The number of likely N-dealkylation sites (tertiary alicyclic amines) is 1. The first-order valence-corrected chi connectivity index (χ1v) is 11.6. The number of amides is 3. The molecule has 1 N–H and O–H groups in total. The first-order chi connectivity index (χ1) is 15.4. The van der Waals surface area contributed by atoms with E-state index in [0.717, 1.165) is 55.4 Å². The van der Waals surface area contributed by atoms with Crippen LogP contribution in [0.2, 0.25) is 0 Å². The quantitative estimate of drug-likeness (QED) is 0.743. The van der Waals surface area contributed by atoms with Gasteiger partial charge in [-0.3, -0.25) is 19.6 Å². The maximum absolute atomic E-state index is 12.3. The highest BCUT2D eigenvalue weighted by molar-refractivity contribution is 6.02. The van der Waals surface area contributed by atoms with E-state index in [2.05, 4.69) is 28.6 Å². The number of aryl methyl sites for hydroxylation is 1.